The summed E-state index contributed by atoms with van der Waals surface area (Å²) in [6.07, 6.45) is 4.66. The SMILES string of the molecule is CCN1/C=C(/C(=O)OC)Cc2c([nH]c3ccccc23)CCC1. The van der Waals surface area contributed by atoms with Gasteiger partial charge in [-0.1, -0.05) is 18.2 Å². The third-order valence-corrected chi connectivity index (χ3v) is 4.33. The molecule has 0 fully saturated rings. The second-order valence-electron chi connectivity index (χ2n) is 5.68. The lowest BCUT2D eigenvalue weighted by Crippen LogP contribution is -2.20. The molecule has 116 valence electrons. The molecule has 4 nitrogen and oxygen atoms in total. The van der Waals surface area contributed by atoms with Crippen molar-refractivity contribution < 1.29 is 9.53 Å². The maximum absolute atomic E-state index is 12.1. The molecule has 0 radical (unpaired) electrons. The summed E-state index contributed by atoms with van der Waals surface area (Å²) < 4.78 is 4.98. The molecule has 1 N–H and O–H groups in total. The summed E-state index contributed by atoms with van der Waals surface area (Å²) in [4.78, 5) is 17.9. The van der Waals surface area contributed by atoms with Crippen LogP contribution in [0.5, 0.6) is 0 Å². The number of hydrogen-bond donors (Lipinski definition) is 1. The van der Waals surface area contributed by atoms with Gasteiger partial charge in [-0.25, -0.2) is 4.79 Å². The standard InChI is InChI=1S/C18H22N2O2/c1-3-20-10-6-9-17-15(11-13(12-20)18(21)22-2)14-7-4-5-8-16(14)19-17/h4-5,7-8,12,19H,3,6,9-11H2,1-2H3/b13-12+. The number of H-pyrrole nitrogens is 1. The number of nitrogens with zero attached hydrogens (tertiary/aromatic N) is 1. The normalized spacial score (nSPS) is 17.9. The number of aromatic amines is 1. The van der Waals surface area contributed by atoms with E-state index in [1.165, 1.54) is 23.8 Å². The molecular weight excluding hydrogens is 276 g/mol. The molecule has 0 bridgehead atoms. The van der Waals surface area contributed by atoms with Gasteiger partial charge in [0, 0.05) is 42.3 Å². The fourth-order valence-electron chi connectivity index (χ4n) is 3.16. The van der Waals surface area contributed by atoms with Crippen LogP contribution in [0.1, 0.15) is 24.6 Å². The summed E-state index contributed by atoms with van der Waals surface area (Å²) in [5.41, 5.74) is 4.33. The highest BCUT2D eigenvalue weighted by Crippen LogP contribution is 2.27. The van der Waals surface area contributed by atoms with Crippen molar-refractivity contribution in [3.63, 3.8) is 0 Å². The Morgan fingerprint density at radius 2 is 2.18 bits per heavy atom. The lowest BCUT2D eigenvalue weighted by molar-refractivity contribution is -0.136. The van der Waals surface area contributed by atoms with Crippen LogP contribution in [0.25, 0.3) is 10.9 Å². The molecular formula is C18H22N2O2. The summed E-state index contributed by atoms with van der Waals surface area (Å²) >= 11 is 0. The van der Waals surface area contributed by atoms with Gasteiger partial charge in [-0.15, -0.1) is 0 Å². The van der Waals surface area contributed by atoms with Gasteiger partial charge in [-0.05, 0) is 31.4 Å². The molecule has 0 unspecified atom stereocenters. The van der Waals surface area contributed by atoms with E-state index in [-0.39, 0.29) is 5.97 Å². The van der Waals surface area contributed by atoms with Crippen LogP contribution in [0.15, 0.2) is 36.0 Å². The minimum Gasteiger partial charge on any atom is -0.466 e. The molecule has 0 saturated heterocycles. The van der Waals surface area contributed by atoms with Gasteiger partial charge in [0.2, 0.25) is 0 Å². The van der Waals surface area contributed by atoms with Crippen molar-refractivity contribution in [2.75, 3.05) is 20.2 Å². The van der Waals surface area contributed by atoms with Crippen molar-refractivity contribution in [1.82, 2.24) is 9.88 Å². The van der Waals surface area contributed by atoms with Crippen molar-refractivity contribution in [2.24, 2.45) is 0 Å². The van der Waals surface area contributed by atoms with Crippen molar-refractivity contribution >= 4 is 16.9 Å². The fourth-order valence-corrected chi connectivity index (χ4v) is 3.16. The second-order valence-corrected chi connectivity index (χ2v) is 5.68. The monoisotopic (exact) mass is 298 g/mol. The number of benzene rings is 1. The first-order valence-electron chi connectivity index (χ1n) is 7.84. The van der Waals surface area contributed by atoms with E-state index in [1.807, 2.05) is 18.3 Å². The highest BCUT2D eigenvalue weighted by Gasteiger charge is 2.19. The molecule has 1 aliphatic rings. The lowest BCUT2D eigenvalue weighted by atomic mass is 10.0. The number of carbonyl (C=O) groups excluding carboxylic acids is 1. The molecule has 0 saturated carbocycles. The van der Waals surface area contributed by atoms with Gasteiger partial charge >= 0.3 is 5.97 Å². The zero-order valence-corrected chi connectivity index (χ0v) is 13.2. The average molecular weight is 298 g/mol. The minimum atomic E-state index is -0.239. The number of rotatable bonds is 2. The molecule has 1 aromatic heterocycles. The first-order valence-corrected chi connectivity index (χ1v) is 7.84. The van der Waals surface area contributed by atoms with E-state index in [0.717, 1.165) is 37.0 Å². The van der Waals surface area contributed by atoms with Crippen LogP contribution in [-0.4, -0.2) is 36.1 Å². The molecule has 2 aromatic rings. The fraction of sp³-hybridized carbons (Fsp3) is 0.389. The summed E-state index contributed by atoms with van der Waals surface area (Å²) in [6, 6.07) is 8.29. The summed E-state index contributed by atoms with van der Waals surface area (Å²) in [6.45, 7) is 3.96. The van der Waals surface area contributed by atoms with E-state index in [2.05, 4.69) is 28.9 Å². The highest BCUT2D eigenvalue weighted by molar-refractivity contribution is 5.91. The average Bonchev–Trinajstić information content (AvgIpc) is 2.92. The highest BCUT2D eigenvalue weighted by atomic mass is 16.5. The van der Waals surface area contributed by atoms with Crippen LogP contribution < -0.4 is 0 Å². The van der Waals surface area contributed by atoms with Crippen LogP contribution in [0.4, 0.5) is 0 Å². The van der Waals surface area contributed by atoms with E-state index in [1.54, 1.807) is 0 Å². The minimum absolute atomic E-state index is 0.239. The predicted octanol–water partition coefficient (Wildman–Crippen LogP) is 3.04. The molecule has 3 rings (SSSR count). The molecule has 4 heteroatoms. The topological polar surface area (TPSA) is 45.3 Å². The van der Waals surface area contributed by atoms with Crippen molar-refractivity contribution in [3.05, 3.63) is 47.3 Å². The lowest BCUT2D eigenvalue weighted by Gasteiger charge is -2.18. The van der Waals surface area contributed by atoms with Crippen LogP contribution in [-0.2, 0) is 22.4 Å². The van der Waals surface area contributed by atoms with Gasteiger partial charge in [0.25, 0.3) is 0 Å². The van der Waals surface area contributed by atoms with Crippen molar-refractivity contribution in [3.8, 4) is 0 Å². The van der Waals surface area contributed by atoms with E-state index < -0.39 is 0 Å². The maximum Gasteiger partial charge on any atom is 0.335 e. The Morgan fingerprint density at radius 3 is 2.95 bits per heavy atom. The first kappa shape index (κ1) is 14.7. The number of aryl methyl sites for hydroxylation is 1. The number of aromatic nitrogens is 1. The van der Waals surface area contributed by atoms with Gasteiger partial charge in [0.1, 0.15) is 0 Å². The molecule has 22 heavy (non-hydrogen) atoms. The number of fused-ring (bicyclic) bond motifs is 3. The largest absolute Gasteiger partial charge is 0.466 e. The Hall–Kier alpha value is -2.23. The number of nitrogens with one attached hydrogen (secondary N) is 1. The smallest absolute Gasteiger partial charge is 0.335 e. The van der Waals surface area contributed by atoms with Gasteiger partial charge in [-0.2, -0.15) is 0 Å². The maximum atomic E-state index is 12.1. The third-order valence-electron chi connectivity index (χ3n) is 4.33. The Labute approximate surface area is 130 Å². The number of methoxy groups -OCH3 is 1. The van der Waals surface area contributed by atoms with E-state index >= 15 is 0 Å². The molecule has 0 spiro atoms. The second kappa shape index (κ2) is 6.26. The summed E-state index contributed by atoms with van der Waals surface area (Å²) in [7, 11) is 1.45. The quantitative estimate of drug-likeness (QED) is 0.867. The zero-order chi connectivity index (χ0) is 15.5. The van der Waals surface area contributed by atoms with Crippen LogP contribution in [0, 0.1) is 0 Å². The molecule has 1 aromatic carbocycles. The van der Waals surface area contributed by atoms with Gasteiger partial charge in [0.05, 0.1) is 12.7 Å². The Balaban J connectivity index is 2.08. The third kappa shape index (κ3) is 2.73. The Kier molecular flexibility index (Phi) is 4.18. The van der Waals surface area contributed by atoms with E-state index in [0.29, 0.717) is 6.42 Å². The summed E-state index contributed by atoms with van der Waals surface area (Å²) in [5, 5.41) is 1.21. The van der Waals surface area contributed by atoms with Gasteiger partial charge in [-0.3, -0.25) is 0 Å². The number of para-hydroxylation sites is 1. The van der Waals surface area contributed by atoms with Gasteiger partial charge < -0.3 is 14.6 Å². The van der Waals surface area contributed by atoms with Crippen LogP contribution in [0.3, 0.4) is 0 Å². The van der Waals surface area contributed by atoms with E-state index in [9.17, 15) is 4.79 Å². The molecule has 1 aliphatic heterocycles. The van der Waals surface area contributed by atoms with Crippen LogP contribution >= 0.6 is 0 Å². The number of ether oxygens (including phenoxy) is 1. The molecule has 0 atom stereocenters. The first-order chi connectivity index (χ1) is 10.7. The van der Waals surface area contributed by atoms with Gasteiger partial charge in [0.15, 0.2) is 0 Å². The number of esters is 1. The number of carbonyl (C=O) groups is 1. The van der Waals surface area contributed by atoms with E-state index in [4.69, 9.17) is 4.74 Å². The molecule has 0 amide bonds. The van der Waals surface area contributed by atoms with Crippen molar-refractivity contribution in [1.29, 1.82) is 0 Å². The summed E-state index contributed by atoms with van der Waals surface area (Å²) in [5.74, 6) is -0.239. The number of hydrogen-bond acceptors (Lipinski definition) is 3. The zero-order valence-electron chi connectivity index (χ0n) is 13.2. The molecule has 2 heterocycles. The van der Waals surface area contributed by atoms with Crippen LogP contribution in [0.2, 0.25) is 0 Å². The molecule has 0 aliphatic carbocycles. The predicted molar refractivity (Wildman–Crippen MR) is 87.7 cm³/mol. The van der Waals surface area contributed by atoms with Crippen molar-refractivity contribution in [2.45, 2.75) is 26.2 Å². The Bertz CT molecular complexity index is 715. The Morgan fingerprint density at radius 1 is 1.36 bits per heavy atom.